The summed E-state index contributed by atoms with van der Waals surface area (Å²) in [6.45, 7) is 0.551. The molecule has 0 aromatic heterocycles. The molecule has 5 nitrogen and oxygen atoms in total. The topological polar surface area (TPSA) is 79.2 Å². The largest absolute Gasteiger partial charge is 0.673 e. The Bertz CT molecular complexity index is 94.9. The Morgan fingerprint density at radius 1 is 1.44 bits per heavy atom. The molecular weight excluding hydrogens is 144 g/mol. The van der Waals surface area contributed by atoms with Crippen LogP contribution in [0.15, 0.2) is 0 Å². The van der Waals surface area contributed by atoms with Crippen molar-refractivity contribution >= 4 is 9.05 Å². The van der Waals surface area contributed by atoms with Gasteiger partial charge in [-0.3, -0.25) is 0 Å². The highest BCUT2D eigenvalue weighted by Crippen LogP contribution is 2.13. The third-order valence-corrected chi connectivity index (χ3v) is 1.53. The summed E-state index contributed by atoms with van der Waals surface area (Å²) in [7, 11) is -4.32. The number of hydrogen-bond donors (Lipinski definition) is 3. The van der Waals surface area contributed by atoms with Gasteiger partial charge in [0.15, 0.2) is 6.29 Å². The maximum absolute atomic E-state index is 8.30. The first-order valence-corrected chi connectivity index (χ1v) is 4.29. The highest BCUT2D eigenvalue weighted by atomic mass is 28.4. The fourth-order valence-corrected chi connectivity index (χ4v) is 1.02. The van der Waals surface area contributed by atoms with E-state index in [1.54, 1.807) is 0 Å². The molecule has 0 aliphatic carbocycles. The Kier molecular flexibility index (Phi) is 1.84. The average Bonchev–Trinajstić information content (AvgIpc) is 1.53. The minimum atomic E-state index is -4.32. The van der Waals surface area contributed by atoms with Crippen LogP contribution in [0.1, 0.15) is 6.42 Å². The van der Waals surface area contributed by atoms with Crippen molar-refractivity contribution in [1.29, 1.82) is 0 Å². The zero-order chi connectivity index (χ0) is 6.91. The Hall–Kier alpha value is 0.0169. The fourth-order valence-electron chi connectivity index (χ4n) is 0.483. The molecule has 0 spiro atoms. The summed E-state index contributed by atoms with van der Waals surface area (Å²) in [5.41, 5.74) is 0. The van der Waals surface area contributed by atoms with E-state index in [2.05, 4.69) is 9.16 Å². The van der Waals surface area contributed by atoms with Crippen LogP contribution in [0.25, 0.3) is 0 Å². The summed E-state index contributed by atoms with van der Waals surface area (Å²) < 4.78 is 8.90. The third kappa shape index (κ3) is 2.39. The van der Waals surface area contributed by atoms with Crippen LogP contribution in [-0.2, 0) is 9.16 Å². The van der Waals surface area contributed by atoms with E-state index in [0.717, 1.165) is 0 Å². The van der Waals surface area contributed by atoms with Crippen molar-refractivity contribution < 1.29 is 23.5 Å². The molecule has 1 aliphatic rings. The Morgan fingerprint density at radius 2 is 2.00 bits per heavy atom. The van der Waals surface area contributed by atoms with Crippen LogP contribution in [0.2, 0.25) is 0 Å². The van der Waals surface area contributed by atoms with Gasteiger partial charge < -0.3 is 23.5 Å². The van der Waals surface area contributed by atoms with Gasteiger partial charge in [-0.2, -0.15) is 0 Å². The highest BCUT2D eigenvalue weighted by molar-refractivity contribution is 6.48. The van der Waals surface area contributed by atoms with E-state index in [4.69, 9.17) is 14.4 Å². The Morgan fingerprint density at radius 3 is 2.11 bits per heavy atom. The quantitative estimate of drug-likeness (QED) is 0.405. The fraction of sp³-hybridized carbons (Fsp3) is 1.00. The minimum absolute atomic E-state index is 0.551. The van der Waals surface area contributed by atoms with Crippen molar-refractivity contribution in [2.24, 2.45) is 0 Å². The van der Waals surface area contributed by atoms with Crippen LogP contribution in [0.4, 0.5) is 0 Å². The Labute approximate surface area is 52.9 Å². The molecule has 9 heavy (non-hydrogen) atoms. The maximum Gasteiger partial charge on any atom is 0.673 e. The van der Waals surface area contributed by atoms with E-state index >= 15 is 0 Å². The number of rotatable bonds is 2. The van der Waals surface area contributed by atoms with Gasteiger partial charge in [0.25, 0.3) is 0 Å². The van der Waals surface area contributed by atoms with Gasteiger partial charge in [-0.25, -0.2) is 0 Å². The smallest absolute Gasteiger partial charge is 0.368 e. The summed E-state index contributed by atoms with van der Waals surface area (Å²) in [6.07, 6.45) is -0.00663. The first-order valence-electron chi connectivity index (χ1n) is 2.54. The van der Waals surface area contributed by atoms with Gasteiger partial charge in [-0.15, -0.1) is 0 Å². The van der Waals surface area contributed by atoms with Crippen LogP contribution >= 0.6 is 0 Å². The SMILES string of the molecule is O[Si](O)(O)OC1CCO1. The first-order chi connectivity index (χ1) is 4.08. The molecular formula is C3H8O5Si. The average molecular weight is 152 g/mol. The number of hydrogen-bond acceptors (Lipinski definition) is 5. The minimum Gasteiger partial charge on any atom is -0.368 e. The molecule has 0 amide bonds. The van der Waals surface area contributed by atoms with E-state index in [0.29, 0.717) is 13.0 Å². The van der Waals surface area contributed by atoms with Gasteiger partial charge in [0.1, 0.15) is 0 Å². The van der Waals surface area contributed by atoms with Gasteiger partial charge >= 0.3 is 9.05 Å². The summed E-state index contributed by atoms with van der Waals surface area (Å²) in [5.74, 6) is 0. The van der Waals surface area contributed by atoms with Gasteiger partial charge in [0.2, 0.25) is 0 Å². The van der Waals surface area contributed by atoms with Crippen molar-refractivity contribution in [1.82, 2.24) is 0 Å². The third-order valence-electron chi connectivity index (χ3n) is 0.947. The second kappa shape index (κ2) is 2.33. The van der Waals surface area contributed by atoms with E-state index < -0.39 is 15.3 Å². The van der Waals surface area contributed by atoms with Crippen molar-refractivity contribution in [3.05, 3.63) is 0 Å². The molecule has 0 aromatic rings. The van der Waals surface area contributed by atoms with Gasteiger partial charge in [0, 0.05) is 6.42 Å². The molecule has 1 rings (SSSR count). The first kappa shape index (κ1) is 7.13. The van der Waals surface area contributed by atoms with Crippen LogP contribution in [0, 0.1) is 0 Å². The Balaban J connectivity index is 2.16. The van der Waals surface area contributed by atoms with Crippen LogP contribution in [0.5, 0.6) is 0 Å². The predicted octanol–water partition coefficient (Wildman–Crippen LogP) is -1.84. The van der Waals surface area contributed by atoms with Gasteiger partial charge in [-0.05, 0) is 0 Å². The van der Waals surface area contributed by atoms with Crippen molar-refractivity contribution in [2.45, 2.75) is 12.7 Å². The molecule has 6 heteroatoms. The van der Waals surface area contributed by atoms with Crippen molar-refractivity contribution in [3.63, 3.8) is 0 Å². The lowest BCUT2D eigenvalue weighted by atomic mass is 10.4. The van der Waals surface area contributed by atoms with E-state index in [1.165, 1.54) is 0 Å². The molecule has 54 valence electrons. The standard InChI is InChI=1S/C3H8O5Si/c4-9(5,6)8-3-1-2-7-3/h3-6H,1-2H2. The molecule has 1 saturated heterocycles. The monoisotopic (exact) mass is 152 g/mol. The number of ether oxygens (including phenoxy) is 1. The van der Waals surface area contributed by atoms with Crippen LogP contribution in [-0.4, -0.2) is 36.3 Å². The van der Waals surface area contributed by atoms with Crippen molar-refractivity contribution in [2.75, 3.05) is 6.61 Å². The van der Waals surface area contributed by atoms with E-state index in [9.17, 15) is 0 Å². The van der Waals surface area contributed by atoms with Crippen LogP contribution < -0.4 is 0 Å². The zero-order valence-electron chi connectivity index (χ0n) is 4.65. The van der Waals surface area contributed by atoms with Crippen molar-refractivity contribution in [3.8, 4) is 0 Å². The lowest BCUT2D eigenvalue weighted by Gasteiger charge is -2.28. The molecule has 1 heterocycles. The zero-order valence-corrected chi connectivity index (χ0v) is 5.65. The predicted molar refractivity (Wildman–Crippen MR) is 27.9 cm³/mol. The normalized spacial score (nSPS) is 27.7. The second-order valence-electron chi connectivity index (χ2n) is 1.78. The molecule has 3 N–H and O–H groups in total. The molecule has 0 aromatic carbocycles. The molecule has 0 radical (unpaired) electrons. The summed E-state index contributed by atoms with van der Waals surface area (Å²) in [6, 6.07) is 0. The van der Waals surface area contributed by atoms with E-state index in [1.807, 2.05) is 0 Å². The summed E-state index contributed by atoms with van der Waals surface area (Å²) >= 11 is 0. The van der Waals surface area contributed by atoms with Crippen LogP contribution in [0.3, 0.4) is 0 Å². The lowest BCUT2D eigenvalue weighted by molar-refractivity contribution is -0.197. The molecule has 1 aliphatic heterocycles. The maximum atomic E-state index is 8.30. The second-order valence-corrected chi connectivity index (χ2v) is 3.16. The summed E-state index contributed by atoms with van der Waals surface area (Å²) in [4.78, 5) is 24.9. The highest BCUT2D eigenvalue weighted by Gasteiger charge is 2.37. The van der Waals surface area contributed by atoms with Gasteiger partial charge in [-0.1, -0.05) is 0 Å². The summed E-state index contributed by atoms with van der Waals surface area (Å²) in [5, 5.41) is 0. The molecule has 1 fully saturated rings. The van der Waals surface area contributed by atoms with E-state index in [-0.39, 0.29) is 0 Å². The van der Waals surface area contributed by atoms with Gasteiger partial charge in [0.05, 0.1) is 6.61 Å². The molecule has 1 atom stereocenters. The molecule has 0 saturated carbocycles. The molecule has 0 bridgehead atoms. The lowest BCUT2D eigenvalue weighted by Crippen LogP contribution is -2.46. The molecule has 1 unspecified atom stereocenters.